The van der Waals surface area contributed by atoms with Crippen LogP contribution in [0.15, 0.2) is 0 Å². The van der Waals surface area contributed by atoms with Crippen molar-refractivity contribution >= 4 is 0 Å². The Kier molecular flexibility index (Phi) is 20.6. The van der Waals surface area contributed by atoms with E-state index in [2.05, 4.69) is 0 Å². The number of aliphatic hydroxyl groups is 1. The van der Waals surface area contributed by atoms with Gasteiger partial charge in [-0.3, -0.25) is 0 Å². The van der Waals surface area contributed by atoms with Crippen LogP contribution in [0.2, 0.25) is 0 Å². The quantitative estimate of drug-likeness (QED) is 0.617. The summed E-state index contributed by atoms with van der Waals surface area (Å²) in [6.07, 6.45) is 0. The molecule has 0 saturated heterocycles. The normalized spacial score (nSPS) is 4.50. The summed E-state index contributed by atoms with van der Waals surface area (Å²) in [6, 6.07) is 0. The van der Waals surface area contributed by atoms with E-state index in [9.17, 15) is 0 Å². The summed E-state index contributed by atoms with van der Waals surface area (Å²) in [7, 11) is 0. The summed E-state index contributed by atoms with van der Waals surface area (Å²) in [5, 5.41) is 7.57. The largest absolute Gasteiger partial charge is 5.00 e. The van der Waals surface area contributed by atoms with Crippen LogP contribution in [-0.4, -0.2) is 11.7 Å². The molecule has 0 aromatic carbocycles. The molecular weight excluding hydrogens is 221 g/mol. The molecule has 0 aromatic rings. The van der Waals surface area contributed by atoms with E-state index in [1.165, 1.54) is 0 Å². The zero-order valence-electron chi connectivity index (χ0n) is 2.60. The average Bonchev–Trinajstić information content (AvgIpc) is 0.918. The van der Waals surface area contributed by atoms with Crippen LogP contribution in [0, 0.1) is 0 Å². The molecule has 0 spiro atoms. The first kappa shape index (κ1) is 8.83. The van der Waals surface area contributed by atoms with Crippen molar-refractivity contribution < 1.29 is 27.5 Å². The zero-order valence-corrected chi connectivity index (χ0v) is 5.81. The first-order valence-corrected chi connectivity index (χ1v) is 1.02. The van der Waals surface area contributed by atoms with Crippen LogP contribution in [0.3, 0.4) is 0 Å². The van der Waals surface area contributed by atoms with E-state index < -0.39 is 0 Å². The SMILES string of the molecule is CCO.[Ta+5]. The van der Waals surface area contributed by atoms with Gasteiger partial charge in [-0.2, -0.15) is 0 Å². The van der Waals surface area contributed by atoms with Gasteiger partial charge in [0, 0.05) is 6.61 Å². The van der Waals surface area contributed by atoms with Crippen LogP contribution in [-0.2, 0) is 22.4 Å². The average molecular weight is 227 g/mol. The van der Waals surface area contributed by atoms with Gasteiger partial charge < -0.3 is 5.11 Å². The van der Waals surface area contributed by atoms with Gasteiger partial charge in [0.05, 0.1) is 0 Å². The van der Waals surface area contributed by atoms with Crippen molar-refractivity contribution in [1.29, 1.82) is 0 Å². The minimum Gasteiger partial charge on any atom is -0.397 e. The number of rotatable bonds is 0. The predicted octanol–water partition coefficient (Wildman–Crippen LogP) is -0.00390. The van der Waals surface area contributed by atoms with Crippen LogP contribution in [0.25, 0.3) is 0 Å². The summed E-state index contributed by atoms with van der Waals surface area (Å²) in [6.45, 7) is 1.93. The van der Waals surface area contributed by atoms with Gasteiger partial charge in [0.1, 0.15) is 0 Å². The van der Waals surface area contributed by atoms with E-state index >= 15 is 0 Å². The van der Waals surface area contributed by atoms with Crippen LogP contribution >= 0.6 is 0 Å². The number of aliphatic hydroxyl groups excluding tert-OH is 1. The first-order chi connectivity index (χ1) is 1.41. The van der Waals surface area contributed by atoms with Gasteiger partial charge in [0.25, 0.3) is 0 Å². The Morgan fingerprint density at radius 2 is 1.75 bits per heavy atom. The molecule has 0 bridgehead atoms. The maximum atomic E-state index is 7.57. The summed E-state index contributed by atoms with van der Waals surface area (Å²) in [4.78, 5) is 0. The molecule has 0 aliphatic rings. The third kappa shape index (κ3) is 15.9. The summed E-state index contributed by atoms with van der Waals surface area (Å²) in [5.74, 6) is 0. The maximum absolute atomic E-state index is 7.57. The molecular formula is C2H6OTa+5. The third-order valence-electron chi connectivity index (χ3n) is 0. The standard InChI is InChI=1S/C2H6O.Ta/c1-2-3;/h3H,2H2,1H3;/q;+5. The van der Waals surface area contributed by atoms with Gasteiger partial charge in [0.15, 0.2) is 0 Å². The Labute approximate surface area is 41.5 Å². The molecule has 0 unspecified atom stereocenters. The molecule has 0 amide bonds. The Bertz CT molecular complexity index is 6.00. The Hall–Kier alpha value is 0.700. The maximum Gasteiger partial charge on any atom is 5.00 e. The fourth-order valence-corrected chi connectivity index (χ4v) is 0. The second-order valence-corrected chi connectivity index (χ2v) is 0.316. The molecule has 0 atom stereocenters. The van der Waals surface area contributed by atoms with E-state index in [1.807, 2.05) is 0 Å². The molecule has 0 radical (unpaired) electrons. The molecule has 1 nitrogen and oxygen atoms in total. The van der Waals surface area contributed by atoms with E-state index in [4.69, 9.17) is 5.11 Å². The molecule has 20 valence electrons. The summed E-state index contributed by atoms with van der Waals surface area (Å²) >= 11 is 0. The minimum absolute atomic E-state index is 0. The van der Waals surface area contributed by atoms with Gasteiger partial charge in [-0.15, -0.1) is 0 Å². The summed E-state index contributed by atoms with van der Waals surface area (Å²) in [5.41, 5.74) is 0. The first-order valence-electron chi connectivity index (χ1n) is 1.02. The molecule has 0 aliphatic heterocycles. The molecule has 0 heterocycles. The van der Waals surface area contributed by atoms with Gasteiger partial charge in [-0.05, 0) is 6.92 Å². The van der Waals surface area contributed by atoms with Crippen molar-refractivity contribution in [3.8, 4) is 0 Å². The minimum atomic E-state index is 0. The molecule has 1 N–H and O–H groups in total. The van der Waals surface area contributed by atoms with Crippen molar-refractivity contribution in [3.63, 3.8) is 0 Å². The van der Waals surface area contributed by atoms with Crippen LogP contribution in [0.5, 0.6) is 0 Å². The van der Waals surface area contributed by atoms with Crippen LogP contribution in [0.4, 0.5) is 0 Å². The van der Waals surface area contributed by atoms with E-state index in [0.717, 1.165) is 0 Å². The molecule has 2 heteroatoms. The molecule has 0 aromatic heterocycles. The molecule has 4 heavy (non-hydrogen) atoms. The van der Waals surface area contributed by atoms with E-state index in [0.29, 0.717) is 0 Å². The van der Waals surface area contributed by atoms with Crippen LogP contribution < -0.4 is 0 Å². The van der Waals surface area contributed by atoms with Crippen LogP contribution in [0.1, 0.15) is 6.92 Å². The molecule has 0 rings (SSSR count). The number of hydrogen-bond acceptors (Lipinski definition) is 1. The van der Waals surface area contributed by atoms with Crippen molar-refractivity contribution in [3.05, 3.63) is 0 Å². The Morgan fingerprint density at radius 1 is 1.75 bits per heavy atom. The topological polar surface area (TPSA) is 20.2 Å². The predicted molar refractivity (Wildman–Crippen MR) is 12.8 cm³/mol. The fourth-order valence-electron chi connectivity index (χ4n) is 0. The van der Waals surface area contributed by atoms with Gasteiger partial charge in [-0.25, -0.2) is 0 Å². The fraction of sp³-hybridized carbons (Fsp3) is 1.00. The third-order valence-corrected chi connectivity index (χ3v) is 0. The van der Waals surface area contributed by atoms with Crippen molar-refractivity contribution in [1.82, 2.24) is 0 Å². The van der Waals surface area contributed by atoms with Crippen molar-refractivity contribution in [2.24, 2.45) is 0 Å². The van der Waals surface area contributed by atoms with Crippen molar-refractivity contribution in [2.45, 2.75) is 6.92 Å². The second kappa shape index (κ2) is 9.33. The van der Waals surface area contributed by atoms with Gasteiger partial charge in [-0.1, -0.05) is 0 Å². The van der Waals surface area contributed by atoms with Gasteiger partial charge in [0.2, 0.25) is 0 Å². The zero-order chi connectivity index (χ0) is 2.71. The molecule has 0 fully saturated rings. The van der Waals surface area contributed by atoms with Crippen molar-refractivity contribution in [2.75, 3.05) is 6.61 Å². The molecule has 0 aliphatic carbocycles. The smallest absolute Gasteiger partial charge is 0.397 e. The Morgan fingerprint density at radius 3 is 1.75 bits per heavy atom. The second-order valence-electron chi connectivity index (χ2n) is 0.316. The van der Waals surface area contributed by atoms with E-state index in [1.54, 1.807) is 6.92 Å². The Balaban J connectivity index is 0. The summed E-state index contributed by atoms with van der Waals surface area (Å²) < 4.78 is 0. The monoisotopic (exact) mass is 227 g/mol. The van der Waals surface area contributed by atoms with Gasteiger partial charge >= 0.3 is 22.4 Å². The van der Waals surface area contributed by atoms with E-state index in [-0.39, 0.29) is 29.0 Å². The molecule has 0 saturated carbocycles. The number of hydrogen-bond donors (Lipinski definition) is 1.